The number of benzene rings is 1. The second kappa shape index (κ2) is 5.87. The highest BCUT2D eigenvalue weighted by Gasteiger charge is 2.25. The van der Waals surface area contributed by atoms with Crippen LogP contribution in [0.4, 0.5) is 0 Å². The quantitative estimate of drug-likeness (QED) is 0.665. The predicted molar refractivity (Wildman–Crippen MR) is 79.0 cm³/mol. The summed E-state index contributed by atoms with van der Waals surface area (Å²) in [7, 11) is 3.94. The number of allylic oxidation sites excluding steroid dienone is 1. The van der Waals surface area contributed by atoms with Gasteiger partial charge in [0.05, 0.1) is 11.9 Å². The molecule has 0 saturated heterocycles. The Morgan fingerprint density at radius 2 is 2.00 bits per heavy atom. The molecule has 2 rings (SSSR count). The molecule has 1 aromatic rings. The molecule has 0 spiro atoms. The van der Waals surface area contributed by atoms with Crippen LogP contribution in [-0.2, 0) is 4.74 Å². The van der Waals surface area contributed by atoms with E-state index in [1.165, 1.54) is 0 Å². The maximum Gasteiger partial charge on any atom is 0.122 e. The van der Waals surface area contributed by atoms with Gasteiger partial charge in [-0.15, -0.1) is 0 Å². The largest absolute Gasteiger partial charge is 0.465 e. The first-order valence-corrected chi connectivity index (χ1v) is 6.34. The molecular formula is C16H20N2O. The molecule has 0 radical (unpaired) electrons. The summed E-state index contributed by atoms with van der Waals surface area (Å²) in [6.45, 7) is 0. The van der Waals surface area contributed by atoms with Crippen LogP contribution in [0.25, 0.3) is 6.08 Å². The van der Waals surface area contributed by atoms with Crippen molar-refractivity contribution in [2.24, 2.45) is 5.73 Å². The van der Waals surface area contributed by atoms with Gasteiger partial charge in [-0.25, -0.2) is 0 Å². The molecular weight excluding hydrogens is 236 g/mol. The van der Waals surface area contributed by atoms with Gasteiger partial charge in [-0.05, 0) is 44.0 Å². The monoisotopic (exact) mass is 256 g/mol. The SMILES string of the molecule is CN(C)C1(N)C=CC(O/C=C/c2ccccc2)=CC1. The van der Waals surface area contributed by atoms with Crippen LogP contribution in [0.2, 0.25) is 0 Å². The van der Waals surface area contributed by atoms with Gasteiger partial charge in [-0.1, -0.05) is 30.3 Å². The van der Waals surface area contributed by atoms with Crippen LogP contribution in [0, 0.1) is 0 Å². The van der Waals surface area contributed by atoms with E-state index in [0.29, 0.717) is 0 Å². The molecule has 0 bridgehead atoms. The number of nitrogens with two attached hydrogens (primary N) is 1. The van der Waals surface area contributed by atoms with Crippen molar-refractivity contribution in [3.63, 3.8) is 0 Å². The molecule has 0 fully saturated rings. The number of hydrogen-bond acceptors (Lipinski definition) is 3. The summed E-state index contributed by atoms with van der Waals surface area (Å²) in [5.74, 6) is 0.829. The number of nitrogens with zero attached hydrogens (tertiary/aromatic N) is 1. The third-order valence-electron chi connectivity index (χ3n) is 3.26. The summed E-state index contributed by atoms with van der Waals surface area (Å²) >= 11 is 0. The highest BCUT2D eigenvalue weighted by atomic mass is 16.5. The van der Waals surface area contributed by atoms with Crippen LogP contribution >= 0.6 is 0 Å². The normalized spacial score (nSPS) is 22.8. The van der Waals surface area contributed by atoms with Crippen molar-refractivity contribution in [2.45, 2.75) is 12.1 Å². The zero-order valence-corrected chi connectivity index (χ0v) is 11.4. The molecule has 3 heteroatoms. The molecule has 0 heterocycles. The molecule has 1 aromatic carbocycles. The molecule has 1 aliphatic carbocycles. The highest BCUT2D eigenvalue weighted by Crippen LogP contribution is 2.21. The third-order valence-corrected chi connectivity index (χ3v) is 3.26. The Kier molecular flexibility index (Phi) is 4.20. The van der Waals surface area contributed by atoms with Gasteiger partial charge in [-0.2, -0.15) is 0 Å². The van der Waals surface area contributed by atoms with Crippen molar-refractivity contribution in [3.8, 4) is 0 Å². The van der Waals surface area contributed by atoms with E-state index < -0.39 is 5.66 Å². The van der Waals surface area contributed by atoms with E-state index in [-0.39, 0.29) is 0 Å². The Labute approximate surface area is 114 Å². The van der Waals surface area contributed by atoms with E-state index in [4.69, 9.17) is 10.5 Å². The summed E-state index contributed by atoms with van der Waals surface area (Å²) in [6.07, 6.45) is 10.3. The number of ether oxygens (including phenoxy) is 1. The molecule has 0 aromatic heterocycles. The minimum Gasteiger partial charge on any atom is -0.465 e. The molecule has 0 saturated carbocycles. The first kappa shape index (κ1) is 13.6. The maximum absolute atomic E-state index is 6.20. The minimum absolute atomic E-state index is 0.407. The van der Waals surface area contributed by atoms with Crippen LogP contribution in [0.1, 0.15) is 12.0 Å². The standard InChI is InChI=1S/C16H20N2O/c1-18(2)16(17)11-8-15(9-12-16)19-13-10-14-6-4-3-5-7-14/h3-11,13H,12,17H2,1-2H3/b13-10+. The Morgan fingerprint density at radius 3 is 2.58 bits per heavy atom. The lowest BCUT2D eigenvalue weighted by Gasteiger charge is -2.34. The fourth-order valence-electron chi connectivity index (χ4n) is 1.80. The maximum atomic E-state index is 6.20. The van der Waals surface area contributed by atoms with E-state index in [1.807, 2.05) is 73.6 Å². The average Bonchev–Trinajstić information content (AvgIpc) is 2.42. The van der Waals surface area contributed by atoms with E-state index in [0.717, 1.165) is 17.7 Å². The number of rotatable bonds is 4. The van der Waals surface area contributed by atoms with E-state index in [2.05, 4.69) is 0 Å². The molecule has 1 unspecified atom stereocenters. The zero-order chi connectivity index (χ0) is 13.7. The predicted octanol–water partition coefficient (Wildman–Crippen LogP) is 2.73. The van der Waals surface area contributed by atoms with Crippen LogP contribution in [0.5, 0.6) is 0 Å². The van der Waals surface area contributed by atoms with Crippen molar-refractivity contribution in [1.82, 2.24) is 4.90 Å². The lowest BCUT2D eigenvalue weighted by Crippen LogP contribution is -2.51. The van der Waals surface area contributed by atoms with E-state index in [9.17, 15) is 0 Å². The smallest absolute Gasteiger partial charge is 0.122 e. The third kappa shape index (κ3) is 3.56. The van der Waals surface area contributed by atoms with Crippen molar-refractivity contribution in [2.75, 3.05) is 14.1 Å². The van der Waals surface area contributed by atoms with Gasteiger partial charge >= 0.3 is 0 Å². The molecule has 100 valence electrons. The van der Waals surface area contributed by atoms with Crippen LogP contribution in [0.15, 0.2) is 60.6 Å². The molecule has 2 N–H and O–H groups in total. The van der Waals surface area contributed by atoms with Gasteiger partial charge in [-0.3, -0.25) is 4.90 Å². The van der Waals surface area contributed by atoms with Gasteiger partial charge in [0.2, 0.25) is 0 Å². The molecule has 0 amide bonds. The molecule has 3 nitrogen and oxygen atoms in total. The van der Waals surface area contributed by atoms with Crippen molar-refractivity contribution in [1.29, 1.82) is 0 Å². The van der Waals surface area contributed by atoms with Crippen molar-refractivity contribution in [3.05, 3.63) is 66.1 Å². The summed E-state index contributed by atoms with van der Waals surface area (Å²) in [6, 6.07) is 10.1. The van der Waals surface area contributed by atoms with Gasteiger partial charge in [0.25, 0.3) is 0 Å². The Hall–Kier alpha value is -1.84. The van der Waals surface area contributed by atoms with Gasteiger partial charge in [0.1, 0.15) is 5.76 Å². The van der Waals surface area contributed by atoms with Gasteiger partial charge < -0.3 is 10.5 Å². The zero-order valence-electron chi connectivity index (χ0n) is 11.4. The second-order valence-corrected chi connectivity index (χ2v) is 4.86. The molecule has 0 aliphatic heterocycles. The topological polar surface area (TPSA) is 38.5 Å². The lowest BCUT2D eigenvalue weighted by atomic mass is 10.0. The Balaban J connectivity index is 1.91. The van der Waals surface area contributed by atoms with Crippen LogP contribution in [-0.4, -0.2) is 24.7 Å². The Bertz CT molecular complexity index is 503. The Morgan fingerprint density at radius 1 is 1.26 bits per heavy atom. The fourth-order valence-corrected chi connectivity index (χ4v) is 1.80. The molecule has 1 atom stereocenters. The summed E-state index contributed by atoms with van der Waals surface area (Å²) in [5.41, 5.74) is 6.91. The van der Waals surface area contributed by atoms with E-state index in [1.54, 1.807) is 6.26 Å². The highest BCUT2D eigenvalue weighted by molar-refractivity contribution is 5.47. The number of hydrogen-bond donors (Lipinski definition) is 1. The second-order valence-electron chi connectivity index (χ2n) is 4.86. The van der Waals surface area contributed by atoms with E-state index >= 15 is 0 Å². The molecule has 19 heavy (non-hydrogen) atoms. The summed E-state index contributed by atoms with van der Waals surface area (Å²) < 4.78 is 5.58. The minimum atomic E-state index is -0.407. The molecule has 1 aliphatic rings. The number of likely N-dealkylation sites (N-methyl/N-ethyl adjacent to an activating group) is 1. The van der Waals surface area contributed by atoms with Gasteiger partial charge in [0.15, 0.2) is 0 Å². The van der Waals surface area contributed by atoms with Crippen molar-refractivity contribution >= 4 is 6.08 Å². The van der Waals surface area contributed by atoms with Crippen molar-refractivity contribution < 1.29 is 4.74 Å². The van der Waals surface area contributed by atoms with Crippen LogP contribution in [0.3, 0.4) is 0 Å². The van der Waals surface area contributed by atoms with Gasteiger partial charge in [0, 0.05) is 6.42 Å². The first-order valence-electron chi connectivity index (χ1n) is 6.34. The summed E-state index contributed by atoms with van der Waals surface area (Å²) in [5, 5.41) is 0. The average molecular weight is 256 g/mol. The summed E-state index contributed by atoms with van der Waals surface area (Å²) in [4.78, 5) is 2.00. The fraction of sp³-hybridized carbons (Fsp3) is 0.250. The first-order chi connectivity index (χ1) is 9.10. The lowest BCUT2D eigenvalue weighted by molar-refractivity contribution is 0.210. The van der Waals surface area contributed by atoms with Crippen LogP contribution < -0.4 is 5.73 Å².